The summed E-state index contributed by atoms with van der Waals surface area (Å²) in [6.07, 6.45) is 18.3. The average Bonchev–Trinajstić information content (AvgIpc) is 3.00. The Hall–Kier alpha value is -0.664. The molecule has 3 rings (SSSR count). The summed E-state index contributed by atoms with van der Waals surface area (Å²) in [5.74, 6) is 3.48. The first-order valence-corrected chi connectivity index (χ1v) is 9.70. The van der Waals surface area contributed by atoms with Gasteiger partial charge in [-0.05, 0) is 43.4 Å². The van der Waals surface area contributed by atoms with Crippen molar-refractivity contribution in [3.8, 4) is 0 Å². The molecule has 2 aliphatic rings. The van der Waals surface area contributed by atoms with Gasteiger partial charge in [0.1, 0.15) is 0 Å². The fourth-order valence-electron chi connectivity index (χ4n) is 4.08. The molecule has 2 aliphatic carbocycles. The second-order valence-corrected chi connectivity index (χ2v) is 7.75. The Balaban J connectivity index is 0.000000273. The molecule has 0 amide bonds. The molecule has 0 N–H and O–H groups in total. The number of allylic oxidation sites excluding steroid dienone is 4. The van der Waals surface area contributed by atoms with Crippen LogP contribution in [0.4, 0.5) is 0 Å². The third-order valence-electron chi connectivity index (χ3n) is 5.47. The van der Waals surface area contributed by atoms with Crippen molar-refractivity contribution in [1.29, 1.82) is 0 Å². The van der Waals surface area contributed by atoms with Gasteiger partial charge in [-0.15, -0.1) is 0 Å². The quantitative estimate of drug-likeness (QED) is 0.380. The largest absolute Gasteiger partial charge is 0.213 e. The zero-order valence-corrected chi connectivity index (χ0v) is 16.8. The van der Waals surface area contributed by atoms with Gasteiger partial charge in [0, 0.05) is 16.8 Å². The molecule has 137 valence electrons. The second kappa shape index (κ2) is 11.8. The van der Waals surface area contributed by atoms with E-state index in [9.17, 15) is 0 Å². The van der Waals surface area contributed by atoms with Crippen molar-refractivity contribution in [3.05, 3.63) is 54.1 Å². The molecular formula is C23H35Co-. The fourth-order valence-corrected chi connectivity index (χ4v) is 4.08. The van der Waals surface area contributed by atoms with E-state index in [0.29, 0.717) is 0 Å². The molecule has 1 aromatic rings. The predicted octanol–water partition coefficient (Wildman–Crippen LogP) is 7.25. The molecule has 24 heavy (non-hydrogen) atoms. The Morgan fingerprint density at radius 2 is 1.33 bits per heavy atom. The van der Waals surface area contributed by atoms with Crippen LogP contribution >= 0.6 is 0 Å². The third-order valence-corrected chi connectivity index (χ3v) is 5.47. The molecule has 0 saturated heterocycles. The molecule has 1 radical (unpaired) electrons. The first-order valence-electron chi connectivity index (χ1n) is 9.70. The van der Waals surface area contributed by atoms with E-state index in [-0.39, 0.29) is 16.8 Å². The van der Waals surface area contributed by atoms with Gasteiger partial charge < -0.3 is 0 Å². The molecule has 0 nitrogen and oxygen atoms in total. The Kier molecular flexibility index (Phi) is 10.5. The summed E-state index contributed by atoms with van der Waals surface area (Å²) in [4.78, 5) is 0. The molecule has 1 aromatic carbocycles. The molecule has 0 bridgehead atoms. The summed E-state index contributed by atoms with van der Waals surface area (Å²) in [6.45, 7) is 7.18. The maximum absolute atomic E-state index is 2.41. The Bertz CT molecular complexity index is 440. The van der Waals surface area contributed by atoms with Gasteiger partial charge in [-0.25, -0.2) is 12.1 Å². The van der Waals surface area contributed by atoms with Crippen LogP contribution in [0.5, 0.6) is 0 Å². The molecule has 1 heteroatoms. The van der Waals surface area contributed by atoms with E-state index in [1.807, 2.05) is 0 Å². The van der Waals surface area contributed by atoms with Crippen LogP contribution in [0.1, 0.15) is 77.2 Å². The maximum atomic E-state index is 2.41. The molecule has 0 aromatic heterocycles. The average molecular weight is 370 g/mol. The summed E-state index contributed by atoms with van der Waals surface area (Å²) in [6, 6.07) is 9.01. The van der Waals surface area contributed by atoms with Gasteiger partial charge in [-0.1, -0.05) is 70.3 Å². The number of rotatable bonds is 2. The van der Waals surface area contributed by atoms with Crippen molar-refractivity contribution in [2.45, 2.75) is 71.6 Å². The van der Waals surface area contributed by atoms with Crippen LogP contribution in [0.25, 0.3) is 0 Å². The zero-order valence-electron chi connectivity index (χ0n) is 15.7. The van der Waals surface area contributed by atoms with Crippen molar-refractivity contribution in [3.63, 3.8) is 0 Å². The van der Waals surface area contributed by atoms with Crippen LogP contribution in [-0.2, 0) is 16.8 Å². The molecule has 0 spiro atoms. The van der Waals surface area contributed by atoms with E-state index < -0.39 is 0 Å². The van der Waals surface area contributed by atoms with Crippen molar-refractivity contribution in [1.82, 2.24) is 0 Å². The van der Waals surface area contributed by atoms with Crippen LogP contribution in [0.2, 0.25) is 0 Å². The summed E-state index contributed by atoms with van der Waals surface area (Å²) < 4.78 is 0. The van der Waals surface area contributed by atoms with Gasteiger partial charge in [-0.2, -0.15) is 17.7 Å². The van der Waals surface area contributed by atoms with Gasteiger partial charge in [0.05, 0.1) is 0 Å². The van der Waals surface area contributed by atoms with E-state index in [2.05, 4.69) is 69.3 Å². The number of hydrogen-bond donors (Lipinski definition) is 0. The topological polar surface area (TPSA) is 0 Å². The molecule has 0 aliphatic heterocycles. The maximum Gasteiger partial charge on any atom is 0 e. The smallest absolute Gasteiger partial charge is 0 e. The molecule has 1 saturated carbocycles. The molecule has 3 atom stereocenters. The number of hydrogen-bond acceptors (Lipinski definition) is 0. The normalized spacial score (nSPS) is 26.8. The summed E-state index contributed by atoms with van der Waals surface area (Å²) in [5, 5.41) is 0. The van der Waals surface area contributed by atoms with Gasteiger partial charge in [0.15, 0.2) is 0 Å². The van der Waals surface area contributed by atoms with Crippen molar-refractivity contribution < 1.29 is 16.8 Å². The molecular weight excluding hydrogens is 335 g/mol. The minimum atomic E-state index is 0. The van der Waals surface area contributed by atoms with E-state index in [1.165, 1.54) is 44.9 Å². The van der Waals surface area contributed by atoms with Crippen LogP contribution in [0.15, 0.2) is 48.6 Å². The van der Waals surface area contributed by atoms with Crippen LogP contribution in [0, 0.1) is 17.8 Å². The predicted molar refractivity (Wildman–Crippen MR) is 103 cm³/mol. The third kappa shape index (κ3) is 7.07. The van der Waals surface area contributed by atoms with Crippen molar-refractivity contribution in [2.24, 2.45) is 17.8 Å². The zero-order chi connectivity index (χ0) is 16.5. The van der Waals surface area contributed by atoms with E-state index in [4.69, 9.17) is 0 Å². The summed E-state index contributed by atoms with van der Waals surface area (Å²) in [7, 11) is 0. The second-order valence-electron chi connectivity index (χ2n) is 7.75. The first-order chi connectivity index (χ1) is 11.2. The Labute approximate surface area is 160 Å². The molecule has 1 fully saturated rings. The SMILES string of the molecule is C1=CCCC=CCC1.CC1CCC(C(C)C)C([c-]2cccc2)C1.[Co]. The van der Waals surface area contributed by atoms with Gasteiger partial charge in [0.2, 0.25) is 0 Å². The standard InChI is InChI=1S/C15H23.C8H12.Co/c1-11(2)14-9-8-12(3)10-15(14)13-6-4-5-7-13;1-2-4-6-8-7-5-3-1;/h4-7,11-12,14-15H,8-10H2,1-3H3;1-2,7-8H,3-6H2;/q-1;;. The monoisotopic (exact) mass is 370 g/mol. The fraction of sp³-hybridized carbons (Fsp3) is 0.609. The van der Waals surface area contributed by atoms with Crippen molar-refractivity contribution >= 4 is 0 Å². The van der Waals surface area contributed by atoms with Gasteiger partial charge in [0.25, 0.3) is 0 Å². The van der Waals surface area contributed by atoms with Gasteiger partial charge >= 0.3 is 0 Å². The minimum Gasteiger partial charge on any atom is -0.213 e. The Morgan fingerprint density at radius 1 is 0.833 bits per heavy atom. The molecule has 0 heterocycles. The van der Waals surface area contributed by atoms with E-state index >= 15 is 0 Å². The van der Waals surface area contributed by atoms with Crippen LogP contribution < -0.4 is 0 Å². The summed E-state index contributed by atoms with van der Waals surface area (Å²) >= 11 is 0. The van der Waals surface area contributed by atoms with E-state index in [0.717, 1.165) is 23.7 Å². The van der Waals surface area contributed by atoms with Crippen LogP contribution in [-0.4, -0.2) is 0 Å². The van der Waals surface area contributed by atoms with Gasteiger partial charge in [-0.3, -0.25) is 0 Å². The van der Waals surface area contributed by atoms with Crippen LogP contribution in [0.3, 0.4) is 0 Å². The van der Waals surface area contributed by atoms with E-state index in [1.54, 1.807) is 5.56 Å². The van der Waals surface area contributed by atoms with Crippen molar-refractivity contribution in [2.75, 3.05) is 0 Å². The Morgan fingerprint density at radius 3 is 1.79 bits per heavy atom. The minimum absolute atomic E-state index is 0. The first kappa shape index (κ1) is 21.4. The summed E-state index contributed by atoms with van der Waals surface area (Å²) in [5.41, 5.74) is 1.58. The molecule has 3 unspecified atom stereocenters.